The van der Waals surface area contributed by atoms with Gasteiger partial charge in [-0.3, -0.25) is 14.5 Å². The first-order valence-electron chi connectivity index (χ1n) is 6.51. The van der Waals surface area contributed by atoms with Gasteiger partial charge in [0.15, 0.2) is 0 Å². The molecule has 0 radical (unpaired) electrons. The fourth-order valence-electron chi connectivity index (χ4n) is 2.14. The van der Waals surface area contributed by atoms with E-state index in [1.165, 1.54) is 11.8 Å². The lowest BCUT2D eigenvalue weighted by Gasteiger charge is -2.27. The van der Waals surface area contributed by atoms with Gasteiger partial charge in [0.1, 0.15) is 4.32 Å². The second-order valence-electron chi connectivity index (χ2n) is 4.51. The fraction of sp³-hybridized carbons (Fsp3) is 0.750. The topological polar surface area (TPSA) is 49.9 Å². The molecule has 5 nitrogen and oxygen atoms in total. The molecule has 0 bridgehead atoms. The molecule has 0 spiro atoms. The van der Waals surface area contributed by atoms with Gasteiger partial charge in [0, 0.05) is 26.1 Å². The van der Waals surface area contributed by atoms with Crippen molar-refractivity contribution in [3.63, 3.8) is 0 Å². The summed E-state index contributed by atoms with van der Waals surface area (Å²) in [5, 5.41) is -0.0639. The van der Waals surface area contributed by atoms with Gasteiger partial charge in [0.25, 0.3) is 0 Å². The number of carbonyl (C=O) groups is 2. The molecule has 1 atom stereocenters. The van der Waals surface area contributed by atoms with Crippen molar-refractivity contribution in [3.8, 4) is 0 Å². The zero-order valence-corrected chi connectivity index (χ0v) is 12.6. The molecule has 2 heterocycles. The third-order valence-corrected chi connectivity index (χ3v) is 5.04. The van der Waals surface area contributed by atoms with Crippen LogP contribution in [0.15, 0.2) is 0 Å². The van der Waals surface area contributed by atoms with Crippen LogP contribution in [0.2, 0.25) is 0 Å². The highest BCUT2D eigenvalue weighted by molar-refractivity contribution is 8.24. The first kappa shape index (κ1) is 14.7. The average molecular weight is 302 g/mol. The minimum atomic E-state index is -0.0639. The minimum absolute atomic E-state index is 0.0484. The van der Waals surface area contributed by atoms with Crippen LogP contribution in [0.5, 0.6) is 0 Å². The van der Waals surface area contributed by atoms with Gasteiger partial charge in [-0.05, 0) is 6.42 Å². The third kappa shape index (κ3) is 3.46. The Bertz CT molecular complexity index is 383. The Balaban J connectivity index is 1.83. The lowest BCUT2D eigenvalue weighted by atomic mass is 10.2. The van der Waals surface area contributed by atoms with Crippen molar-refractivity contribution in [2.75, 3.05) is 32.8 Å². The maximum absolute atomic E-state index is 12.0. The Morgan fingerprint density at radius 3 is 2.74 bits per heavy atom. The quantitative estimate of drug-likeness (QED) is 0.721. The maximum Gasteiger partial charge on any atom is 0.241 e. The van der Waals surface area contributed by atoms with Crippen LogP contribution < -0.4 is 0 Å². The smallest absolute Gasteiger partial charge is 0.241 e. The van der Waals surface area contributed by atoms with Crippen molar-refractivity contribution in [1.29, 1.82) is 0 Å². The molecule has 0 aromatic rings. The van der Waals surface area contributed by atoms with Crippen LogP contribution >= 0.6 is 24.0 Å². The summed E-state index contributed by atoms with van der Waals surface area (Å²) in [5.74, 6) is 0.121. The Kier molecular flexibility index (Phi) is 5.18. The maximum atomic E-state index is 12.0. The molecule has 0 aliphatic carbocycles. The molecule has 1 unspecified atom stereocenters. The summed E-state index contributed by atoms with van der Waals surface area (Å²) in [6, 6.07) is 0. The van der Waals surface area contributed by atoms with Crippen molar-refractivity contribution in [1.82, 2.24) is 9.80 Å². The van der Waals surface area contributed by atoms with Crippen molar-refractivity contribution < 1.29 is 14.3 Å². The van der Waals surface area contributed by atoms with Gasteiger partial charge in [-0.1, -0.05) is 30.9 Å². The van der Waals surface area contributed by atoms with E-state index in [1.807, 2.05) is 6.92 Å². The molecule has 0 N–H and O–H groups in total. The third-order valence-electron chi connectivity index (χ3n) is 3.29. The Morgan fingerprint density at radius 1 is 1.47 bits per heavy atom. The Morgan fingerprint density at radius 2 is 2.16 bits per heavy atom. The highest BCUT2D eigenvalue weighted by atomic mass is 32.2. The molecule has 0 aromatic heterocycles. The van der Waals surface area contributed by atoms with Crippen LogP contribution in [-0.2, 0) is 14.3 Å². The first-order valence-corrected chi connectivity index (χ1v) is 7.79. The molecule has 2 saturated heterocycles. The highest BCUT2D eigenvalue weighted by Crippen LogP contribution is 2.29. The number of nitrogens with zero attached hydrogens (tertiary/aromatic N) is 2. The second-order valence-corrected chi connectivity index (χ2v) is 6.35. The summed E-state index contributed by atoms with van der Waals surface area (Å²) in [6.45, 7) is 4.85. The molecule has 106 valence electrons. The molecular formula is C12H18N2O3S2. The SMILES string of the molecule is CCC1SC(=S)N(CCC(=O)N2CCOCC2)C1=O. The summed E-state index contributed by atoms with van der Waals surface area (Å²) >= 11 is 6.62. The molecule has 2 aliphatic heterocycles. The van der Waals surface area contributed by atoms with Crippen molar-refractivity contribution in [2.45, 2.75) is 25.0 Å². The Hall–Kier alpha value is -0.660. The van der Waals surface area contributed by atoms with Crippen LogP contribution in [0.25, 0.3) is 0 Å². The van der Waals surface area contributed by atoms with Crippen LogP contribution in [0.4, 0.5) is 0 Å². The van der Waals surface area contributed by atoms with Crippen molar-refractivity contribution in [2.24, 2.45) is 0 Å². The van der Waals surface area contributed by atoms with E-state index in [0.717, 1.165) is 6.42 Å². The Labute approximate surface area is 122 Å². The molecule has 2 rings (SSSR count). The highest BCUT2D eigenvalue weighted by Gasteiger charge is 2.35. The summed E-state index contributed by atoms with van der Waals surface area (Å²) in [5.41, 5.74) is 0. The van der Waals surface area contributed by atoms with Crippen LogP contribution in [-0.4, -0.2) is 64.0 Å². The van der Waals surface area contributed by atoms with Crippen LogP contribution in [0.3, 0.4) is 0 Å². The van der Waals surface area contributed by atoms with Crippen molar-refractivity contribution in [3.05, 3.63) is 0 Å². The van der Waals surface area contributed by atoms with Crippen molar-refractivity contribution >= 4 is 40.1 Å². The molecule has 2 fully saturated rings. The largest absolute Gasteiger partial charge is 0.378 e. The van der Waals surface area contributed by atoms with E-state index in [9.17, 15) is 9.59 Å². The molecule has 2 amide bonds. The van der Waals surface area contributed by atoms with E-state index in [-0.39, 0.29) is 17.1 Å². The molecule has 0 aromatic carbocycles. The predicted molar refractivity (Wildman–Crippen MR) is 78.0 cm³/mol. The molecule has 0 saturated carbocycles. The summed E-state index contributed by atoms with van der Waals surface area (Å²) in [7, 11) is 0. The normalized spacial score (nSPS) is 24.2. The number of thiocarbonyl (C=S) groups is 1. The van der Waals surface area contributed by atoms with Gasteiger partial charge in [-0.25, -0.2) is 0 Å². The standard InChI is InChI=1S/C12H18N2O3S2/c1-2-9-11(16)14(12(18)19-9)4-3-10(15)13-5-7-17-8-6-13/h9H,2-8H2,1H3. The number of hydrogen-bond acceptors (Lipinski definition) is 5. The van der Waals surface area contributed by atoms with Gasteiger partial charge in [0.2, 0.25) is 11.8 Å². The van der Waals surface area contributed by atoms with Gasteiger partial charge in [-0.2, -0.15) is 0 Å². The van der Waals surface area contributed by atoms with Crippen LogP contribution in [0, 0.1) is 0 Å². The second kappa shape index (κ2) is 6.67. The molecular weight excluding hydrogens is 284 g/mol. The van der Waals surface area contributed by atoms with E-state index >= 15 is 0 Å². The number of morpholine rings is 1. The zero-order chi connectivity index (χ0) is 13.8. The molecule has 2 aliphatic rings. The van der Waals surface area contributed by atoms with E-state index in [4.69, 9.17) is 17.0 Å². The number of ether oxygens (including phenoxy) is 1. The zero-order valence-electron chi connectivity index (χ0n) is 11.0. The van der Waals surface area contributed by atoms with Gasteiger partial charge in [-0.15, -0.1) is 0 Å². The van der Waals surface area contributed by atoms with Gasteiger partial charge >= 0.3 is 0 Å². The minimum Gasteiger partial charge on any atom is -0.378 e. The number of hydrogen-bond donors (Lipinski definition) is 0. The van der Waals surface area contributed by atoms with Gasteiger partial charge < -0.3 is 9.64 Å². The van der Waals surface area contributed by atoms with E-state index in [1.54, 1.807) is 9.80 Å². The fourth-order valence-corrected chi connectivity index (χ4v) is 3.61. The van der Waals surface area contributed by atoms with E-state index < -0.39 is 0 Å². The average Bonchev–Trinajstić information content (AvgIpc) is 2.72. The monoisotopic (exact) mass is 302 g/mol. The summed E-state index contributed by atoms with van der Waals surface area (Å²) < 4.78 is 5.81. The van der Waals surface area contributed by atoms with Crippen LogP contribution in [0.1, 0.15) is 19.8 Å². The molecule has 7 heteroatoms. The van der Waals surface area contributed by atoms with Gasteiger partial charge in [0.05, 0.1) is 18.5 Å². The number of amides is 2. The summed E-state index contributed by atoms with van der Waals surface area (Å²) in [6.07, 6.45) is 1.11. The lowest BCUT2D eigenvalue weighted by Crippen LogP contribution is -2.42. The van der Waals surface area contributed by atoms with E-state index in [0.29, 0.717) is 43.6 Å². The van der Waals surface area contributed by atoms with E-state index in [2.05, 4.69) is 0 Å². The predicted octanol–water partition coefficient (Wildman–Crippen LogP) is 0.874. The number of carbonyl (C=O) groups excluding carboxylic acids is 2. The molecule has 19 heavy (non-hydrogen) atoms. The first-order chi connectivity index (χ1) is 9.13. The number of thioether (sulfide) groups is 1. The number of rotatable bonds is 4. The summed E-state index contributed by atoms with van der Waals surface area (Å²) in [4.78, 5) is 27.4. The lowest BCUT2D eigenvalue weighted by molar-refractivity contribution is -0.135.